The van der Waals surface area contributed by atoms with Crippen LogP contribution in [0.25, 0.3) is 22.4 Å². The van der Waals surface area contributed by atoms with Gasteiger partial charge in [0.25, 0.3) is 0 Å². The normalized spacial score (nSPS) is 11.3. The first kappa shape index (κ1) is 23.1. The number of hydrogen-bond donors (Lipinski definition) is 1. The van der Waals surface area contributed by atoms with E-state index in [-0.39, 0.29) is 40.5 Å². The third kappa shape index (κ3) is 4.66. The Balaban J connectivity index is 1.78. The van der Waals surface area contributed by atoms with Gasteiger partial charge in [0, 0.05) is 22.8 Å². The Morgan fingerprint density at radius 1 is 0.912 bits per heavy atom. The predicted molar refractivity (Wildman–Crippen MR) is 122 cm³/mol. The van der Waals surface area contributed by atoms with Crippen LogP contribution in [0.3, 0.4) is 0 Å². The smallest absolute Gasteiger partial charge is 0.434 e. The predicted octanol–water partition coefficient (Wildman–Crippen LogP) is 6.43. The number of rotatable bonds is 6. The van der Waals surface area contributed by atoms with E-state index in [1.807, 2.05) is 31.2 Å². The van der Waals surface area contributed by atoms with Crippen LogP contribution in [0.5, 0.6) is 17.2 Å². The van der Waals surface area contributed by atoms with Crippen molar-refractivity contribution >= 4 is 0 Å². The topological polar surface area (TPSA) is 64.5 Å². The summed E-state index contributed by atoms with van der Waals surface area (Å²) in [5.41, 5.74) is 0.831. The second-order valence-electron chi connectivity index (χ2n) is 7.54. The number of benzene rings is 3. The number of ether oxygens (including phenoxy) is 2. The van der Waals surface area contributed by atoms with Gasteiger partial charge in [0.05, 0.1) is 12.8 Å². The fraction of sp³-hybridized carbons (Fsp3) is 0.154. The summed E-state index contributed by atoms with van der Waals surface area (Å²) in [5, 5.41) is 10.7. The van der Waals surface area contributed by atoms with Crippen LogP contribution < -0.4 is 9.47 Å². The molecule has 4 aromatic rings. The van der Waals surface area contributed by atoms with Gasteiger partial charge in [0.2, 0.25) is 0 Å². The lowest BCUT2D eigenvalue weighted by Crippen LogP contribution is -2.12. The molecule has 174 valence electrons. The number of para-hydroxylation sites is 1. The van der Waals surface area contributed by atoms with Crippen LogP contribution in [-0.4, -0.2) is 22.2 Å². The van der Waals surface area contributed by atoms with Gasteiger partial charge in [-0.25, -0.2) is 9.97 Å². The van der Waals surface area contributed by atoms with Gasteiger partial charge in [-0.05, 0) is 36.2 Å². The highest BCUT2D eigenvalue weighted by molar-refractivity contribution is 5.87. The highest BCUT2D eigenvalue weighted by atomic mass is 19.4. The maximum Gasteiger partial charge on any atom is 0.434 e. The van der Waals surface area contributed by atoms with Crippen LogP contribution in [0.1, 0.15) is 16.8 Å². The molecule has 0 aliphatic heterocycles. The van der Waals surface area contributed by atoms with Crippen LogP contribution >= 0.6 is 0 Å². The number of halogens is 3. The Labute approximate surface area is 194 Å². The molecule has 4 rings (SSSR count). The van der Waals surface area contributed by atoms with Gasteiger partial charge in [0.1, 0.15) is 30.2 Å². The molecule has 0 unspecified atom stereocenters. The second kappa shape index (κ2) is 9.43. The Hall–Kier alpha value is -4.07. The molecule has 0 saturated carbocycles. The third-order valence-electron chi connectivity index (χ3n) is 5.37. The highest BCUT2D eigenvalue weighted by Crippen LogP contribution is 2.45. The summed E-state index contributed by atoms with van der Waals surface area (Å²) in [4.78, 5) is 7.61. The number of aromatic nitrogens is 2. The lowest BCUT2D eigenvalue weighted by atomic mass is 9.96. The number of nitrogens with zero attached hydrogens (tertiary/aromatic N) is 2. The quantitative estimate of drug-likeness (QED) is 0.355. The van der Waals surface area contributed by atoms with E-state index in [4.69, 9.17) is 9.47 Å². The van der Waals surface area contributed by atoms with Gasteiger partial charge in [-0.2, -0.15) is 13.2 Å². The summed E-state index contributed by atoms with van der Waals surface area (Å²) >= 11 is 0. The first-order valence-electron chi connectivity index (χ1n) is 10.4. The number of phenolic OH excluding ortho intramolecular Hbond substituents is 1. The summed E-state index contributed by atoms with van der Waals surface area (Å²) in [7, 11) is 1.37. The largest absolute Gasteiger partial charge is 0.507 e. The number of phenols is 1. The van der Waals surface area contributed by atoms with Crippen LogP contribution in [0.15, 0.2) is 73.1 Å². The van der Waals surface area contributed by atoms with Crippen LogP contribution in [0, 0.1) is 6.92 Å². The average Bonchev–Trinajstić information content (AvgIpc) is 2.82. The molecule has 8 heteroatoms. The molecular weight excluding hydrogens is 445 g/mol. The molecule has 0 saturated heterocycles. The van der Waals surface area contributed by atoms with E-state index in [9.17, 15) is 18.3 Å². The van der Waals surface area contributed by atoms with E-state index < -0.39 is 11.9 Å². The maximum atomic E-state index is 13.9. The summed E-state index contributed by atoms with van der Waals surface area (Å²) in [6, 6.07) is 18.4. The van der Waals surface area contributed by atoms with Gasteiger partial charge < -0.3 is 14.6 Å². The average molecular weight is 466 g/mol. The van der Waals surface area contributed by atoms with Crippen molar-refractivity contribution in [1.29, 1.82) is 0 Å². The lowest BCUT2D eigenvalue weighted by Gasteiger charge is -2.18. The van der Waals surface area contributed by atoms with Crippen molar-refractivity contribution in [3.63, 3.8) is 0 Å². The number of alkyl halides is 3. The van der Waals surface area contributed by atoms with Gasteiger partial charge in [-0.3, -0.25) is 0 Å². The van der Waals surface area contributed by atoms with Crippen molar-refractivity contribution in [3.8, 4) is 39.6 Å². The monoisotopic (exact) mass is 466 g/mol. The van der Waals surface area contributed by atoms with E-state index in [0.29, 0.717) is 5.75 Å². The van der Waals surface area contributed by atoms with Gasteiger partial charge >= 0.3 is 6.18 Å². The first-order valence-corrected chi connectivity index (χ1v) is 10.4. The Bertz CT molecular complexity index is 1320. The van der Waals surface area contributed by atoms with Gasteiger partial charge in [-0.1, -0.05) is 42.5 Å². The minimum atomic E-state index is -4.75. The molecule has 3 aromatic carbocycles. The molecular formula is C26H21F3N2O3. The van der Waals surface area contributed by atoms with E-state index in [1.165, 1.54) is 25.3 Å². The first-order chi connectivity index (χ1) is 16.3. The number of methoxy groups -OCH3 is 1. The molecule has 0 aliphatic carbocycles. The molecule has 1 aromatic heterocycles. The summed E-state index contributed by atoms with van der Waals surface area (Å²) in [5.74, 6) is 0.320. The van der Waals surface area contributed by atoms with Crippen LogP contribution in [0.4, 0.5) is 13.2 Å². The molecule has 0 atom stereocenters. The van der Waals surface area contributed by atoms with Crippen molar-refractivity contribution < 1.29 is 27.8 Å². The second-order valence-corrected chi connectivity index (χ2v) is 7.54. The van der Waals surface area contributed by atoms with Crippen molar-refractivity contribution in [1.82, 2.24) is 9.97 Å². The van der Waals surface area contributed by atoms with Gasteiger partial charge in [0.15, 0.2) is 5.69 Å². The molecule has 0 fully saturated rings. The minimum Gasteiger partial charge on any atom is -0.507 e. The van der Waals surface area contributed by atoms with Gasteiger partial charge in [-0.15, -0.1) is 0 Å². The summed E-state index contributed by atoms with van der Waals surface area (Å²) < 4.78 is 52.8. The standard InChI is InChI=1S/C26H21F3N2O3/c1-16-7-3-4-8-17(16)14-34-18-11-12-19(21(32)13-18)24-23(20-9-5-6-10-22(20)33-2)25(26(27,28)29)31-15-30-24/h3-13,15,32H,14H2,1-2H3. The van der Waals surface area contributed by atoms with E-state index in [1.54, 1.807) is 24.3 Å². The molecule has 0 aliphatic rings. The molecule has 0 radical (unpaired) electrons. The van der Waals surface area contributed by atoms with Crippen molar-refractivity contribution in [3.05, 3.63) is 89.9 Å². The van der Waals surface area contributed by atoms with Crippen molar-refractivity contribution in [2.45, 2.75) is 19.7 Å². The SMILES string of the molecule is COc1ccccc1-c1c(-c2ccc(OCc3ccccc3C)cc2O)ncnc1C(F)(F)F. The molecule has 1 N–H and O–H groups in total. The molecule has 0 bridgehead atoms. The zero-order chi connectivity index (χ0) is 24.3. The van der Waals surface area contributed by atoms with E-state index in [0.717, 1.165) is 17.5 Å². The molecule has 1 heterocycles. The van der Waals surface area contributed by atoms with Crippen LogP contribution in [0.2, 0.25) is 0 Å². The van der Waals surface area contributed by atoms with Crippen molar-refractivity contribution in [2.75, 3.05) is 7.11 Å². The fourth-order valence-corrected chi connectivity index (χ4v) is 3.65. The Morgan fingerprint density at radius 3 is 2.35 bits per heavy atom. The molecule has 34 heavy (non-hydrogen) atoms. The number of hydrogen-bond acceptors (Lipinski definition) is 5. The Kier molecular flexibility index (Phi) is 6.40. The molecule has 0 spiro atoms. The van der Waals surface area contributed by atoms with E-state index in [2.05, 4.69) is 9.97 Å². The summed E-state index contributed by atoms with van der Waals surface area (Å²) in [6.07, 6.45) is -3.92. The third-order valence-corrected chi connectivity index (χ3v) is 5.37. The van der Waals surface area contributed by atoms with E-state index >= 15 is 0 Å². The number of aryl methyl sites for hydroxylation is 1. The number of aromatic hydroxyl groups is 1. The Morgan fingerprint density at radius 2 is 1.65 bits per heavy atom. The minimum absolute atomic E-state index is 0.0743. The highest BCUT2D eigenvalue weighted by Gasteiger charge is 2.38. The maximum absolute atomic E-state index is 13.9. The molecule has 5 nitrogen and oxygen atoms in total. The van der Waals surface area contributed by atoms with Crippen molar-refractivity contribution in [2.24, 2.45) is 0 Å². The molecule has 0 amide bonds. The fourth-order valence-electron chi connectivity index (χ4n) is 3.65. The lowest BCUT2D eigenvalue weighted by molar-refractivity contribution is -0.140. The zero-order valence-electron chi connectivity index (χ0n) is 18.4. The zero-order valence-corrected chi connectivity index (χ0v) is 18.4. The van der Waals surface area contributed by atoms with Crippen LogP contribution in [-0.2, 0) is 12.8 Å². The summed E-state index contributed by atoms with van der Waals surface area (Å²) in [6.45, 7) is 2.25.